The number of rotatable bonds is 32. The van der Waals surface area contributed by atoms with Crippen LogP contribution in [-0.2, 0) is 49.6 Å². The zero-order chi connectivity index (χ0) is 54.9. The third-order valence-corrected chi connectivity index (χ3v) is 12.3. The molecule has 21 N–H and O–H groups in total. The van der Waals surface area contributed by atoms with Crippen LogP contribution in [0.2, 0.25) is 0 Å². The maximum absolute atomic E-state index is 14.1. The second-order valence-electron chi connectivity index (χ2n) is 18.7. The Hall–Kier alpha value is -7.14. The summed E-state index contributed by atoms with van der Waals surface area (Å²) in [5, 5.41) is 35.4. The van der Waals surface area contributed by atoms with E-state index in [2.05, 4.69) is 51.9 Å². The van der Waals surface area contributed by atoms with Gasteiger partial charge in [0, 0.05) is 44.5 Å². The standard InChI is InChI=1S/C45H78N18O11/c1-25(2)19-30(59-37(67)29(11-6-16-54-45(50)51)58-41(71)33-12-7-18-63(33)42(72)27(47)9-5-15-53-44(48)49)38(68)61-32(23-64)40(70)60-31(20-26-21-52-24-56-26)39(69)57-28(10-3-4-14-46)36(66)55-22-35(65)62-17-8-13-34(62)43(73)74/h21,24-25,27-34,64H,3-20,22-23,46-47H2,1-2H3,(H,52,56)(H,55,66)(H,57,69)(H,58,71)(H,59,67)(H,60,70)(H,61,68)(H,73,74)(H4,48,49,53)(H4,50,51,54)/t27-,28-,29-,30+,31-,32-,33-,34-/m0/s1. The Bertz CT molecular complexity index is 2100. The summed E-state index contributed by atoms with van der Waals surface area (Å²) < 4.78 is 0. The number of aliphatic hydroxyl groups excluding tert-OH is 1. The molecule has 3 heterocycles. The van der Waals surface area contributed by atoms with Crippen molar-refractivity contribution >= 4 is 65.1 Å². The fourth-order valence-corrected chi connectivity index (χ4v) is 8.48. The third kappa shape index (κ3) is 20.4. The van der Waals surface area contributed by atoms with Gasteiger partial charge in [-0.15, -0.1) is 0 Å². The zero-order valence-electron chi connectivity index (χ0n) is 42.3. The number of nitrogens with one attached hydrogen (secondary N) is 7. The molecule has 2 aliphatic heterocycles. The van der Waals surface area contributed by atoms with E-state index in [1.807, 2.05) is 0 Å². The quantitative estimate of drug-likeness (QED) is 0.0182. The van der Waals surface area contributed by atoms with Crippen LogP contribution in [0.25, 0.3) is 0 Å². The number of aliphatic hydroxyl groups is 1. The first-order valence-electron chi connectivity index (χ1n) is 24.9. The SMILES string of the molecule is CC(C)C[C@@H](NC(=O)[C@H](CCCN=C(N)N)NC(=O)[C@@H]1CCCN1C(=O)[C@@H](N)CCCN=C(N)N)C(=O)N[C@@H](CO)C(=O)N[C@@H](Cc1cnc[nH]1)C(=O)N[C@@H](CCCCN)C(=O)NCC(=O)N1CCC[C@H]1C(=O)O. The summed E-state index contributed by atoms with van der Waals surface area (Å²) in [7, 11) is 0. The number of H-pyrrole nitrogens is 1. The lowest BCUT2D eigenvalue weighted by Gasteiger charge is -2.29. The number of nitrogens with two attached hydrogens (primary N) is 6. The molecule has 0 radical (unpaired) electrons. The number of carbonyl (C=O) groups excluding carboxylic acids is 8. The minimum Gasteiger partial charge on any atom is -0.480 e. The number of hydrogen-bond acceptors (Lipinski definition) is 15. The van der Waals surface area contributed by atoms with Crippen LogP contribution < -0.4 is 66.3 Å². The van der Waals surface area contributed by atoms with Gasteiger partial charge in [-0.1, -0.05) is 13.8 Å². The fraction of sp³-hybridized carbons (Fsp3) is 0.689. The Morgan fingerprint density at radius 2 is 1.26 bits per heavy atom. The monoisotopic (exact) mass is 1050 g/mol. The number of aromatic nitrogens is 2. The Kier molecular flexibility index (Phi) is 26.0. The summed E-state index contributed by atoms with van der Waals surface area (Å²) in [4.78, 5) is 139. The Morgan fingerprint density at radius 3 is 1.85 bits per heavy atom. The van der Waals surface area contributed by atoms with Gasteiger partial charge in [-0.25, -0.2) is 9.78 Å². The Balaban J connectivity index is 1.78. The summed E-state index contributed by atoms with van der Waals surface area (Å²) in [6, 6.07) is -9.87. The summed E-state index contributed by atoms with van der Waals surface area (Å²) >= 11 is 0. The molecule has 414 valence electrons. The summed E-state index contributed by atoms with van der Waals surface area (Å²) in [6.45, 7) is 3.13. The van der Waals surface area contributed by atoms with Crippen molar-refractivity contribution in [2.45, 2.75) is 146 Å². The van der Waals surface area contributed by atoms with E-state index in [-0.39, 0.29) is 102 Å². The molecule has 74 heavy (non-hydrogen) atoms. The highest BCUT2D eigenvalue weighted by Crippen LogP contribution is 2.21. The summed E-state index contributed by atoms with van der Waals surface area (Å²) in [5.74, 6) is -7.68. The number of carboxylic acid groups (broad SMARTS) is 1. The molecule has 3 rings (SSSR count). The molecule has 0 saturated carbocycles. The largest absolute Gasteiger partial charge is 0.480 e. The topological polar surface area (TPSA) is 482 Å². The number of nitrogens with zero attached hydrogens (tertiary/aromatic N) is 5. The Morgan fingerprint density at radius 1 is 0.716 bits per heavy atom. The lowest BCUT2D eigenvalue weighted by atomic mass is 10.0. The molecule has 1 aromatic heterocycles. The van der Waals surface area contributed by atoms with Crippen LogP contribution in [-0.4, -0.2) is 189 Å². The molecule has 8 atom stereocenters. The first kappa shape index (κ1) is 61.2. The highest BCUT2D eigenvalue weighted by Gasteiger charge is 2.39. The van der Waals surface area contributed by atoms with E-state index < -0.39 is 115 Å². The van der Waals surface area contributed by atoms with Gasteiger partial charge >= 0.3 is 5.97 Å². The maximum Gasteiger partial charge on any atom is 0.326 e. The molecule has 2 fully saturated rings. The number of aliphatic carboxylic acids is 1. The van der Waals surface area contributed by atoms with Crippen molar-refractivity contribution in [1.82, 2.24) is 51.7 Å². The van der Waals surface area contributed by atoms with Crippen LogP contribution >= 0.6 is 0 Å². The van der Waals surface area contributed by atoms with Crippen molar-refractivity contribution in [1.29, 1.82) is 0 Å². The van der Waals surface area contributed by atoms with E-state index in [1.54, 1.807) is 13.8 Å². The molecular formula is C45H78N18O11. The number of aliphatic imine (C=N–C) groups is 2. The highest BCUT2D eigenvalue weighted by molar-refractivity contribution is 5.98. The minimum atomic E-state index is -1.68. The van der Waals surface area contributed by atoms with Gasteiger partial charge in [-0.3, -0.25) is 48.3 Å². The fourth-order valence-electron chi connectivity index (χ4n) is 8.48. The molecule has 0 unspecified atom stereocenters. The molecule has 0 aromatic carbocycles. The van der Waals surface area contributed by atoms with Crippen LogP contribution in [0.5, 0.6) is 0 Å². The molecule has 1 aromatic rings. The number of unbranched alkanes of at least 4 members (excludes halogenated alkanes) is 1. The molecule has 0 spiro atoms. The third-order valence-electron chi connectivity index (χ3n) is 12.3. The second kappa shape index (κ2) is 31.4. The molecule has 2 aliphatic rings. The molecule has 0 bridgehead atoms. The predicted molar refractivity (Wildman–Crippen MR) is 269 cm³/mol. The number of imidazole rings is 1. The lowest BCUT2D eigenvalue weighted by molar-refractivity contribution is -0.148. The zero-order valence-corrected chi connectivity index (χ0v) is 42.3. The van der Waals surface area contributed by atoms with Gasteiger partial charge in [0.15, 0.2) is 11.9 Å². The van der Waals surface area contributed by atoms with E-state index in [0.29, 0.717) is 37.8 Å². The van der Waals surface area contributed by atoms with Gasteiger partial charge < -0.3 is 91.3 Å². The highest BCUT2D eigenvalue weighted by atomic mass is 16.4. The van der Waals surface area contributed by atoms with Crippen molar-refractivity contribution in [3.05, 3.63) is 18.2 Å². The number of aromatic amines is 1. The molecule has 8 amide bonds. The lowest BCUT2D eigenvalue weighted by Crippen LogP contribution is -2.61. The van der Waals surface area contributed by atoms with E-state index >= 15 is 0 Å². The van der Waals surface area contributed by atoms with Crippen LogP contribution in [0.15, 0.2) is 22.5 Å². The van der Waals surface area contributed by atoms with Gasteiger partial charge in [0.1, 0.15) is 42.3 Å². The first-order valence-corrected chi connectivity index (χ1v) is 24.9. The van der Waals surface area contributed by atoms with E-state index in [1.165, 1.54) is 22.3 Å². The van der Waals surface area contributed by atoms with Crippen LogP contribution in [0.3, 0.4) is 0 Å². The molecule has 29 nitrogen and oxygen atoms in total. The van der Waals surface area contributed by atoms with Crippen molar-refractivity contribution in [3.63, 3.8) is 0 Å². The number of amides is 8. The van der Waals surface area contributed by atoms with Crippen molar-refractivity contribution in [2.24, 2.45) is 50.3 Å². The van der Waals surface area contributed by atoms with Crippen LogP contribution in [0, 0.1) is 5.92 Å². The van der Waals surface area contributed by atoms with E-state index in [0.717, 1.165) is 0 Å². The van der Waals surface area contributed by atoms with Crippen LogP contribution in [0.4, 0.5) is 0 Å². The Labute approximate surface area is 429 Å². The van der Waals surface area contributed by atoms with E-state index in [9.17, 15) is 53.4 Å². The summed E-state index contributed by atoms with van der Waals surface area (Å²) in [6.07, 6.45) is 5.89. The van der Waals surface area contributed by atoms with Gasteiger partial charge in [0.05, 0.1) is 25.5 Å². The maximum atomic E-state index is 14.1. The van der Waals surface area contributed by atoms with Gasteiger partial charge in [0.25, 0.3) is 0 Å². The smallest absolute Gasteiger partial charge is 0.326 e. The van der Waals surface area contributed by atoms with Crippen molar-refractivity contribution in [2.75, 3.05) is 45.9 Å². The van der Waals surface area contributed by atoms with Crippen molar-refractivity contribution in [3.8, 4) is 0 Å². The number of hydrogen-bond donors (Lipinski definition) is 15. The summed E-state index contributed by atoms with van der Waals surface area (Å²) in [5.41, 5.74) is 34.0. The number of carbonyl (C=O) groups is 9. The van der Waals surface area contributed by atoms with E-state index in [4.69, 9.17) is 34.4 Å². The number of carboxylic acids is 1. The molecule has 2 saturated heterocycles. The van der Waals surface area contributed by atoms with Crippen LogP contribution in [0.1, 0.15) is 96.6 Å². The average molecular weight is 1050 g/mol. The van der Waals surface area contributed by atoms with Gasteiger partial charge in [-0.2, -0.15) is 0 Å². The van der Waals surface area contributed by atoms with Crippen molar-refractivity contribution < 1.29 is 53.4 Å². The molecule has 0 aliphatic carbocycles. The number of likely N-dealkylation sites (tertiary alicyclic amines) is 2. The normalized spacial score (nSPS) is 17.6. The number of guanidine groups is 2. The minimum absolute atomic E-state index is 0.00370. The molecule has 29 heteroatoms. The first-order chi connectivity index (χ1) is 35.2. The van der Waals surface area contributed by atoms with Gasteiger partial charge in [0.2, 0.25) is 47.3 Å². The van der Waals surface area contributed by atoms with Gasteiger partial charge in [-0.05, 0) is 89.5 Å². The average Bonchev–Trinajstić information content (AvgIpc) is 4.17. The second-order valence-corrected chi connectivity index (χ2v) is 18.7. The predicted octanol–water partition coefficient (Wildman–Crippen LogP) is -5.84. The molecular weight excluding hydrogens is 969 g/mol.